The third-order valence-corrected chi connectivity index (χ3v) is 15.2. The highest BCUT2D eigenvalue weighted by atomic mass is 79.9. The van der Waals surface area contributed by atoms with Crippen molar-refractivity contribution in [2.45, 2.75) is 110 Å². The zero-order valence-electron chi connectivity index (χ0n) is 32.6. The molecule has 0 aliphatic heterocycles. The number of benzene rings is 2. The van der Waals surface area contributed by atoms with E-state index >= 15 is 0 Å². The van der Waals surface area contributed by atoms with E-state index in [1.165, 1.54) is 0 Å². The highest BCUT2D eigenvalue weighted by Crippen LogP contribution is 2.68. The summed E-state index contributed by atoms with van der Waals surface area (Å²) in [6.07, 6.45) is 6.20. The van der Waals surface area contributed by atoms with E-state index < -0.39 is 12.2 Å². The van der Waals surface area contributed by atoms with Gasteiger partial charge in [0.2, 0.25) is 0 Å². The van der Waals surface area contributed by atoms with Crippen LogP contribution in [0.5, 0.6) is 5.75 Å². The van der Waals surface area contributed by atoms with Crippen LogP contribution in [0.3, 0.4) is 0 Å². The second kappa shape index (κ2) is 18.0. The first kappa shape index (κ1) is 41.5. The maximum Gasteiger partial charge on any atom is 0.310 e. The minimum Gasteiger partial charge on any atom is -0.497 e. The van der Waals surface area contributed by atoms with Gasteiger partial charge in [0.25, 0.3) is 0 Å². The molecule has 0 saturated heterocycles. The number of anilines is 1. The fourth-order valence-electron chi connectivity index (χ4n) is 11.5. The Labute approximate surface area is 339 Å². The van der Waals surface area contributed by atoms with E-state index in [9.17, 15) is 19.8 Å². The maximum absolute atomic E-state index is 13.2. The maximum atomic E-state index is 13.2. The third kappa shape index (κ3) is 8.72. The average molecular weight is 876 g/mol. The highest BCUT2D eigenvalue weighted by Gasteiger charge is 2.65. The van der Waals surface area contributed by atoms with Crippen LogP contribution in [-0.2, 0) is 32.1 Å². The molecular formula is C44H61Br2NO7. The van der Waals surface area contributed by atoms with Crippen LogP contribution in [0.15, 0.2) is 48.5 Å². The summed E-state index contributed by atoms with van der Waals surface area (Å²) in [5.74, 6) is 1.76. The Balaban J connectivity index is 1.02. The van der Waals surface area contributed by atoms with E-state index in [1.807, 2.05) is 36.4 Å². The molecule has 298 valence electrons. The fourth-order valence-corrected chi connectivity index (χ4v) is 12.4. The second-order valence-electron chi connectivity index (χ2n) is 17.2. The molecule has 2 N–H and O–H groups in total. The normalized spacial score (nSPS) is 33.5. The van der Waals surface area contributed by atoms with Crippen LogP contribution < -0.4 is 9.64 Å². The zero-order chi connectivity index (χ0) is 38.6. The predicted octanol–water partition coefficient (Wildman–Crippen LogP) is 8.51. The molecular weight excluding hydrogens is 814 g/mol. The number of halogens is 2. The summed E-state index contributed by atoms with van der Waals surface area (Å²) in [6, 6.07) is 15.8. The quantitative estimate of drug-likeness (QED) is 0.136. The number of aliphatic hydroxyl groups excluding tert-OH is 2. The fraction of sp³-hybridized carbons (Fsp3) is 0.682. The summed E-state index contributed by atoms with van der Waals surface area (Å²) in [7, 11) is 1.63. The van der Waals surface area contributed by atoms with Crippen molar-refractivity contribution in [1.29, 1.82) is 0 Å². The molecule has 4 fully saturated rings. The van der Waals surface area contributed by atoms with Gasteiger partial charge in [0, 0.05) is 35.9 Å². The number of hydrogen-bond acceptors (Lipinski definition) is 8. The van der Waals surface area contributed by atoms with Crippen LogP contribution in [-0.4, -0.2) is 71.3 Å². The van der Waals surface area contributed by atoms with Crippen LogP contribution in [0.4, 0.5) is 5.69 Å². The van der Waals surface area contributed by atoms with Gasteiger partial charge in [0.15, 0.2) is 0 Å². The molecule has 0 bridgehead atoms. The number of hydrogen-bond donors (Lipinski definition) is 2. The number of carbonyl (C=O) groups is 2. The monoisotopic (exact) mass is 873 g/mol. The molecule has 4 saturated carbocycles. The Kier molecular flexibility index (Phi) is 13.8. The summed E-state index contributed by atoms with van der Waals surface area (Å²) >= 11 is 7.08. The van der Waals surface area contributed by atoms with Crippen molar-refractivity contribution in [3.63, 3.8) is 0 Å². The summed E-state index contributed by atoms with van der Waals surface area (Å²) < 4.78 is 16.9. The van der Waals surface area contributed by atoms with Crippen LogP contribution in [0.25, 0.3) is 0 Å². The molecule has 4 aliphatic carbocycles. The van der Waals surface area contributed by atoms with E-state index in [1.54, 1.807) is 7.11 Å². The molecule has 10 heteroatoms. The molecule has 0 amide bonds. The molecule has 8 nitrogen and oxygen atoms in total. The molecule has 0 spiro atoms. The van der Waals surface area contributed by atoms with Gasteiger partial charge in [-0.3, -0.25) is 9.59 Å². The lowest BCUT2D eigenvalue weighted by Gasteiger charge is -2.63. The van der Waals surface area contributed by atoms with Crippen molar-refractivity contribution < 1.29 is 34.0 Å². The lowest BCUT2D eigenvalue weighted by molar-refractivity contribution is -0.209. The van der Waals surface area contributed by atoms with Crippen LogP contribution in [0.1, 0.15) is 89.7 Å². The van der Waals surface area contributed by atoms with Gasteiger partial charge >= 0.3 is 11.9 Å². The first-order chi connectivity index (χ1) is 25.9. The molecule has 4 aliphatic rings. The number of ether oxygens (including phenoxy) is 3. The van der Waals surface area contributed by atoms with E-state index in [4.69, 9.17) is 14.2 Å². The first-order valence-corrected chi connectivity index (χ1v) is 22.5. The van der Waals surface area contributed by atoms with E-state index in [2.05, 4.69) is 69.7 Å². The molecule has 2 aromatic rings. The van der Waals surface area contributed by atoms with Crippen molar-refractivity contribution in [1.82, 2.24) is 0 Å². The summed E-state index contributed by atoms with van der Waals surface area (Å²) in [5.41, 5.74) is 2.70. The summed E-state index contributed by atoms with van der Waals surface area (Å²) in [6.45, 7) is 8.95. The lowest BCUT2D eigenvalue weighted by Crippen LogP contribution is -2.62. The van der Waals surface area contributed by atoms with Crippen molar-refractivity contribution in [2.24, 2.45) is 46.3 Å². The number of fused-ring (bicyclic) bond motifs is 5. The van der Waals surface area contributed by atoms with Gasteiger partial charge in [-0.25, -0.2) is 0 Å². The Morgan fingerprint density at radius 1 is 0.889 bits per heavy atom. The molecule has 0 aromatic heterocycles. The zero-order valence-corrected chi connectivity index (χ0v) is 35.7. The second-order valence-corrected chi connectivity index (χ2v) is 18.8. The number of methoxy groups -OCH3 is 1. The standard InChI is InChI=1S/C44H61Br2NO7/c1-28(5-16-40(50)53-27-30-8-12-33(52-4)13-9-30)35-14-15-36-42-37(26-39(49)44(35,36)3)43(2)18-17-34(24-31(43)25-38(42)48)54-41(51)23-29-6-10-32(11-7-29)47(21-19-45)22-20-46/h6-13,28,31,34-39,42,48-49H,5,14-27H2,1-4H3/t28-,31+,34-,35-,36+,37+,38-,39+,42+,43+,44-/m1/s1. The van der Waals surface area contributed by atoms with Crippen molar-refractivity contribution in [3.05, 3.63) is 59.7 Å². The molecule has 0 heterocycles. The van der Waals surface area contributed by atoms with Gasteiger partial charge in [-0.2, -0.15) is 0 Å². The largest absolute Gasteiger partial charge is 0.497 e. The van der Waals surface area contributed by atoms with Crippen molar-refractivity contribution >= 4 is 49.5 Å². The molecule has 6 rings (SSSR count). The number of aliphatic hydroxyl groups is 2. The average Bonchev–Trinajstić information content (AvgIpc) is 3.52. The van der Waals surface area contributed by atoms with Crippen LogP contribution >= 0.6 is 31.9 Å². The minimum atomic E-state index is -0.462. The van der Waals surface area contributed by atoms with Gasteiger partial charge in [-0.05, 0) is 133 Å². The molecule has 2 aromatic carbocycles. The number of esters is 2. The van der Waals surface area contributed by atoms with Crippen molar-refractivity contribution in [3.8, 4) is 5.75 Å². The number of alkyl halides is 2. The van der Waals surface area contributed by atoms with Crippen molar-refractivity contribution in [2.75, 3.05) is 35.8 Å². The summed E-state index contributed by atoms with van der Waals surface area (Å²) in [4.78, 5) is 28.2. The lowest BCUT2D eigenvalue weighted by atomic mass is 9.43. The van der Waals surface area contributed by atoms with E-state index in [0.29, 0.717) is 12.8 Å². The van der Waals surface area contributed by atoms with E-state index in [0.717, 1.165) is 91.3 Å². The molecule has 54 heavy (non-hydrogen) atoms. The minimum absolute atomic E-state index is 0.0155. The van der Waals surface area contributed by atoms with Gasteiger partial charge in [-0.1, -0.05) is 76.9 Å². The molecule has 0 radical (unpaired) electrons. The third-order valence-electron chi connectivity index (χ3n) is 14.5. The topological polar surface area (TPSA) is 106 Å². The van der Waals surface area contributed by atoms with Gasteiger partial charge < -0.3 is 29.3 Å². The van der Waals surface area contributed by atoms with Crippen LogP contribution in [0, 0.1) is 46.3 Å². The van der Waals surface area contributed by atoms with Crippen LogP contribution in [0.2, 0.25) is 0 Å². The first-order valence-electron chi connectivity index (χ1n) is 20.2. The Morgan fingerprint density at radius 2 is 1.57 bits per heavy atom. The molecule has 11 atom stereocenters. The number of rotatable bonds is 15. The molecule has 0 unspecified atom stereocenters. The van der Waals surface area contributed by atoms with Gasteiger partial charge in [-0.15, -0.1) is 0 Å². The smallest absolute Gasteiger partial charge is 0.310 e. The van der Waals surface area contributed by atoms with Gasteiger partial charge in [0.05, 0.1) is 25.7 Å². The van der Waals surface area contributed by atoms with Gasteiger partial charge in [0.1, 0.15) is 18.5 Å². The Morgan fingerprint density at radius 3 is 2.24 bits per heavy atom. The highest BCUT2D eigenvalue weighted by molar-refractivity contribution is 9.09. The predicted molar refractivity (Wildman–Crippen MR) is 219 cm³/mol. The SMILES string of the molecule is COc1ccc(COC(=O)CC[C@@H](C)[C@H]2CC[C@H]3[C@@H]4[C@H](O)C[C@@H]5C[C@H](OC(=O)Cc6ccc(N(CCBr)CCBr)cc6)CC[C@]5(C)[C@H]4C[C@H](O)[C@]23C)cc1. The summed E-state index contributed by atoms with van der Waals surface area (Å²) in [5, 5.41) is 25.8. The van der Waals surface area contributed by atoms with E-state index in [-0.39, 0.29) is 77.4 Å². The Bertz CT molecular complexity index is 1550. The Hall–Kier alpha value is -2.14. The number of nitrogens with zero attached hydrogens (tertiary/aromatic N) is 1. The number of carbonyl (C=O) groups excluding carboxylic acids is 2.